The third-order valence-electron chi connectivity index (χ3n) is 4.47. The Hall–Kier alpha value is -1.62. The zero-order valence-electron chi connectivity index (χ0n) is 12.5. The average molecular weight is 289 g/mol. The van der Waals surface area contributed by atoms with E-state index in [0.717, 1.165) is 31.6 Å². The quantitative estimate of drug-likeness (QED) is 0.890. The number of amides is 1. The molecule has 3 rings (SSSR count). The number of hydrogen-bond donors (Lipinski definition) is 2. The number of anilines is 1. The second-order valence-electron chi connectivity index (χ2n) is 6.06. The molecule has 0 aliphatic carbocycles. The Morgan fingerprint density at radius 3 is 2.76 bits per heavy atom. The van der Waals surface area contributed by atoms with Gasteiger partial charge in [-0.3, -0.25) is 4.79 Å². The molecule has 0 aromatic carbocycles. The van der Waals surface area contributed by atoms with E-state index in [1.54, 1.807) is 6.07 Å². The molecule has 0 saturated carbocycles. The van der Waals surface area contributed by atoms with Crippen LogP contribution in [0.15, 0.2) is 18.2 Å². The summed E-state index contributed by atoms with van der Waals surface area (Å²) in [6.07, 6.45) is 4.18. The Balaban J connectivity index is 1.76. The van der Waals surface area contributed by atoms with Crippen molar-refractivity contribution in [2.75, 3.05) is 11.9 Å². The zero-order chi connectivity index (χ0) is 14.8. The largest absolute Gasteiger partial charge is 0.393 e. The van der Waals surface area contributed by atoms with Gasteiger partial charge in [-0.05, 0) is 44.2 Å². The van der Waals surface area contributed by atoms with E-state index in [4.69, 9.17) is 0 Å². The van der Waals surface area contributed by atoms with E-state index in [1.165, 1.54) is 0 Å². The number of rotatable bonds is 4. The molecule has 0 spiro atoms. The van der Waals surface area contributed by atoms with Crippen molar-refractivity contribution in [2.24, 2.45) is 0 Å². The first-order chi connectivity index (χ1) is 10.2. The van der Waals surface area contributed by atoms with Gasteiger partial charge >= 0.3 is 0 Å². The molecule has 2 N–H and O–H groups in total. The number of nitrogens with one attached hydrogen (secondary N) is 1. The van der Waals surface area contributed by atoms with Gasteiger partial charge in [-0.25, -0.2) is 4.98 Å². The number of hydrogen-bond acceptors (Lipinski definition) is 4. The maximum Gasteiger partial charge on any atom is 0.273 e. The van der Waals surface area contributed by atoms with E-state index in [2.05, 4.69) is 17.2 Å². The summed E-state index contributed by atoms with van der Waals surface area (Å²) < 4.78 is 0. The SMILES string of the molecule is CCCNc1cccc(C(=O)N2C3CCC2CC(O)C3)n1. The van der Waals surface area contributed by atoms with Gasteiger partial charge in [0.2, 0.25) is 0 Å². The first kappa shape index (κ1) is 14.3. The maximum absolute atomic E-state index is 12.7. The highest BCUT2D eigenvalue weighted by Crippen LogP contribution is 2.36. The summed E-state index contributed by atoms with van der Waals surface area (Å²) >= 11 is 0. The van der Waals surface area contributed by atoms with Crippen molar-refractivity contribution in [1.82, 2.24) is 9.88 Å². The molecular formula is C16H23N3O2. The highest BCUT2D eigenvalue weighted by molar-refractivity contribution is 5.93. The highest BCUT2D eigenvalue weighted by Gasteiger charge is 2.43. The Bertz CT molecular complexity index is 506. The predicted octanol–water partition coefficient (Wildman–Crippen LogP) is 2.03. The lowest BCUT2D eigenvalue weighted by molar-refractivity contribution is 0.0282. The summed E-state index contributed by atoms with van der Waals surface area (Å²) in [5, 5.41) is 13.1. The molecule has 1 aromatic rings. The van der Waals surface area contributed by atoms with E-state index < -0.39 is 0 Å². The molecular weight excluding hydrogens is 266 g/mol. The monoisotopic (exact) mass is 289 g/mol. The molecule has 2 atom stereocenters. The third-order valence-corrected chi connectivity index (χ3v) is 4.47. The van der Waals surface area contributed by atoms with Crippen molar-refractivity contribution in [3.63, 3.8) is 0 Å². The minimum atomic E-state index is -0.253. The van der Waals surface area contributed by atoms with Crippen LogP contribution in [0.3, 0.4) is 0 Å². The molecule has 1 amide bonds. The average Bonchev–Trinajstić information content (AvgIpc) is 2.76. The zero-order valence-corrected chi connectivity index (χ0v) is 12.5. The topological polar surface area (TPSA) is 65.5 Å². The molecule has 2 fully saturated rings. The fourth-order valence-corrected chi connectivity index (χ4v) is 3.52. The lowest BCUT2D eigenvalue weighted by atomic mass is 9.99. The van der Waals surface area contributed by atoms with Crippen LogP contribution in [0.5, 0.6) is 0 Å². The standard InChI is InChI=1S/C16H23N3O2/c1-2-8-17-15-5-3-4-14(18-15)16(21)19-11-6-7-12(19)10-13(20)9-11/h3-5,11-13,20H,2,6-10H2,1H3,(H,17,18). The predicted molar refractivity (Wildman–Crippen MR) is 81.2 cm³/mol. The van der Waals surface area contributed by atoms with Crippen LogP contribution in [0, 0.1) is 0 Å². The Morgan fingerprint density at radius 2 is 2.10 bits per heavy atom. The van der Waals surface area contributed by atoms with Crippen LogP contribution in [0.25, 0.3) is 0 Å². The number of aromatic nitrogens is 1. The highest BCUT2D eigenvalue weighted by atomic mass is 16.3. The van der Waals surface area contributed by atoms with Crippen LogP contribution in [-0.2, 0) is 0 Å². The number of carbonyl (C=O) groups excluding carboxylic acids is 1. The smallest absolute Gasteiger partial charge is 0.273 e. The minimum absolute atomic E-state index is 0.00884. The Labute approximate surface area is 125 Å². The van der Waals surface area contributed by atoms with Crippen molar-refractivity contribution in [3.8, 4) is 0 Å². The minimum Gasteiger partial charge on any atom is -0.393 e. The molecule has 114 valence electrons. The Morgan fingerprint density at radius 1 is 1.38 bits per heavy atom. The summed E-state index contributed by atoms with van der Waals surface area (Å²) in [6.45, 7) is 2.95. The van der Waals surface area contributed by atoms with Gasteiger partial charge in [-0.2, -0.15) is 0 Å². The summed E-state index contributed by atoms with van der Waals surface area (Å²) in [7, 11) is 0. The van der Waals surface area contributed by atoms with Crippen molar-refractivity contribution >= 4 is 11.7 Å². The fourth-order valence-electron chi connectivity index (χ4n) is 3.52. The lowest BCUT2D eigenvalue weighted by Crippen LogP contribution is -2.48. The van der Waals surface area contributed by atoms with Crippen LogP contribution in [0.1, 0.15) is 49.5 Å². The molecule has 0 radical (unpaired) electrons. The van der Waals surface area contributed by atoms with E-state index in [-0.39, 0.29) is 24.1 Å². The number of pyridine rings is 1. The number of fused-ring (bicyclic) bond motifs is 2. The van der Waals surface area contributed by atoms with Gasteiger partial charge < -0.3 is 15.3 Å². The van der Waals surface area contributed by atoms with Gasteiger partial charge in [0.1, 0.15) is 11.5 Å². The van der Waals surface area contributed by atoms with Crippen molar-refractivity contribution in [2.45, 2.75) is 57.2 Å². The van der Waals surface area contributed by atoms with Gasteiger partial charge in [-0.15, -0.1) is 0 Å². The van der Waals surface area contributed by atoms with E-state index in [1.807, 2.05) is 17.0 Å². The van der Waals surface area contributed by atoms with Gasteiger partial charge in [0.25, 0.3) is 5.91 Å². The van der Waals surface area contributed by atoms with Gasteiger partial charge in [-0.1, -0.05) is 13.0 Å². The van der Waals surface area contributed by atoms with E-state index in [9.17, 15) is 9.90 Å². The van der Waals surface area contributed by atoms with Gasteiger partial charge in [0.15, 0.2) is 0 Å². The van der Waals surface area contributed by atoms with Crippen molar-refractivity contribution in [3.05, 3.63) is 23.9 Å². The number of nitrogens with zero attached hydrogens (tertiary/aromatic N) is 2. The van der Waals surface area contributed by atoms with Crippen LogP contribution >= 0.6 is 0 Å². The third kappa shape index (κ3) is 2.88. The van der Waals surface area contributed by atoms with Crippen LogP contribution in [-0.4, -0.2) is 45.6 Å². The van der Waals surface area contributed by atoms with Crippen LogP contribution in [0.2, 0.25) is 0 Å². The second-order valence-corrected chi connectivity index (χ2v) is 6.06. The molecule has 2 aliphatic rings. The summed E-state index contributed by atoms with van der Waals surface area (Å²) in [6, 6.07) is 5.91. The molecule has 3 heterocycles. The van der Waals surface area contributed by atoms with Crippen molar-refractivity contribution in [1.29, 1.82) is 0 Å². The fraction of sp³-hybridized carbons (Fsp3) is 0.625. The molecule has 2 saturated heterocycles. The lowest BCUT2D eigenvalue weighted by Gasteiger charge is -2.37. The molecule has 5 heteroatoms. The number of aliphatic hydroxyl groups is 1. The normalized spacial score (nSPS) is 27.7. The van der Waals surface area contributed by atoms with Gasteiger partial charge in [0.05, 0.1) is 6.10 Å². The molecule has 21 heavy (non-hydrogen) atoms. The maximum atomic E-state index is 12.7. The molecule has 2 aliphatic heterocycles. The van der Waals surface area contributed by atoms with E-state index >= 15 is 0 Å². The molecule has 5 nitrogen and oxygen atoms in total. The number of carbonyl (C=O) groups is 1. The van der Waals surface area contributed by atoms with Crippen LogP contribution < -0.4 is 5.32 Å². The molecule has 2 bridgehead atoms. The number of piperidine rings is 1. The van der Waals surface area contributed by atoms with Crippen molar-refractivity contribution < 1.29 is 9.90 Å². The Kier molecular flexibility index (Phi) is 4.10. The first-order valence-corrected chi connectivity index (χ1v) is 7.90. The van der Waals surface area contributed by atoms with Gasteiger partial charge in [0, 0.05) is 18.6 Å². The first-order valence-electron chi connectivity index (χ1n) is 7.90. The van der Waals surface area contributed by atoms with E-state index in [0.29, 0.717) is 18.5 Å². The summed E-state index contributed by atoms with van der Waals surface area (Å²) in [5.41, 5.74) is 0.504. The second kappa shape index (κ2) is 6.02. The van der Waals surface area contributed by atoms with Crippen LogP contribution in [0.4, 0.5) is 5.82 Å². The summed E-state index contributed by atoms with van der Waals surface area (Å²) in [4.78, 5) is 19.1. The summed E-state index contributed by atoms with van der Waals surface area (Å²) in [5.74, 6) is 0.765. The number of aliphatic hydroxyl groups excluding tert-OH is 1. The molecule has 1 aromatic heterocycles. The molecule has 2 unspecified atom stereocenters.